The molecule has 20 heavy (non-hydrogen) atoms. The summed E-state index contributed by atoms with van der Waals surface area (Å²) in [6, 6.07) is 19.2. The summed E-state index contributed by atoms with van der Waals surface area (Å²) in [6.45, 7) is 2.89. The number of benzene rings is 2. The molecule has 3 heteroatoms. The Balaban J connectivity index is 1.73. The summed E-state index contributed by atoms with van der Waals surface area (Å²) in [5, 5.41) is 14.0. The molecule has 3 rings (SSSR count). The Morgan fingerprint density at radius 3 is 2.65 bits per heavy atom. The summed E-state index contributed by atoms with van der Waals surface area (Å²) in [7, 11) is 0. The molecule has 0 saturated carbocycles. The maximum atomic E-state index is 4.08. The zero-order valence-corrected chi connectivity index (χ0v) is 11.5. The fourth-order valence-corrected chi connectivity index (χ4v) is 2.28. The first-order chi connectivity index (χ1) is 9.83. The third-order valence-corrected chi connectivity index (χ3v) is 3.49. The van der Waals surface area contributed by atoms with Crippen molar-refractivity contribution in [3.63, 3.8) is 0 Å². The Hall–Kier alpha value is -2.26. The predicted molar refractivity (Wildman–Crippen MR) is 81.2 cm³/mol. The van der Waals surface area contributed by atoms with E-state index >= 15 is 0 Å². The maximum Gasteiger partial charge on any atom is 0.0769 e. The molecular formula is C17H17N3. The van der Waals surface area contributed by atoms with Crippen LogP contribution in [0.15, 0.2) is 60.8 Å². The molecule has 0 saturated heterocycles. The van der Waals surface area contributed by atoms with Crippen molar-refractivity contribution in [3.8, 4) is 0 Å². The van der Waals surface area contributed by atoms with Gasteiger partial charge in [-0.05, 0) is 41.5 Å². The lowest BCUT2D eigenvalue weighted by atomic mass is 10.0. The second-order valence-electron chi connectivity index (χ2n) is 4.92. The predicted octanol–water partition coefficient (Wildman–Crippen LogP) is 3.48. The molecule has 1 atom stereocenters. The first-order valence-electron chi connectivity index (χ1n) is 6.81. The van der Waals surface area contributed by atoms with Crippen LogP contribution in [-0.4, -0.2) is 10.2 Å². The lowest BCUT2D eigenvalue weighted by Gasteiger charge is -2.14. The van der Waals surface area contributed by atoms with Crippen molar-refractivity contribution in [1.82, 2.24) is 15.5 Å². The highest BCUT2D eigenvalue weighted by molar-refractivity contribution is 5.83. The number of nitrogens with one attached hydrogen (secondary N) is 1. The Bertz CT molecular complexity index is 695. The smallest absolute Gasteiger partial charge is 0.0769 e. The van der Waals surface area contributed by atoms with Gasteiger partial charge in [-0.15, -0.1) is 0 Å². The zero-order chi connectivity index (χ0) is 13.8. The molecule has 1 heterocycles. The third-order valence-electron chi connectivity index (χ3n) is 3.49. The lowest BCUT2D eigenvalue weighted by Crippen LogP contribution is -2.18. The lowest BCUT2D eigenvalue weighted by molar-refractivity contribution is 0.564. The van der Waals surface area contributed by atoms with Crippen LogP contribution in [0.25, 0.3) is 10.8 Å². The number of rotatable bonds is 4. The number of hydrogen-bond donors (Lipinski definition) is 1. The van der Waals surface area contributed by atoms with Crippen molar-refractivity contribution in [2.45, 2.75) is 19.5 Å². The Kier molecular flexibility index (Phi) is 3.70. The van der Waals surface area contributed by atoms with E-state index in [1.165, 1.54) is 16.3 Å². The van der Waals surface area contributed by atoms with Gasteiger partial charge in [-0.3, -0.25) is 0 Å². The molecule has 0 spiro atoms. The summed E-state index contributed by atoms with van der Waals surface area (Å²) in [6.07, 6.45) is 1.69. The molecule has 0 amide bonds. The number of fused-ring (bicyclic) bond motifs is 1. The van der Waals surface area contributed by atoms with Gasteiger partial charge in [-0.25, -0.2) is 0 Å². The van der Waals surface area contributed by atoms with Gasteiger partial charge in [-0.1, -0.05) is 36.4 Å². The van der Waals surface area contributed by atoms with Crippen molar-refractivity contribution < 1.29 is 0 Å². The number of nitrogens with zero attached hydrogens (tertiary/aromatic N) is 2. The van der Waals surface area contributed by atoms with E-state index in [2.05, 4.69) is 64.9 Å². The van der Waals surface area contributed by atoms with Crippen LogP contribution in [0.3, 0.4) is 0 Å². The van der Waals surface area contributed by atoms with Crippen LogP contribution in [0, 0.1) is 0 Å². The highest BCUT2D eigenvalue weighted by Crippen LogP contribution is 2.20. The SMILES string of the molecule is CC(NCc1cccnn1)c1ccc2ccccc2c1. The molecule has 1 aromatic heterocycles. The topological polar surface area (TPSA) is 37.8 Å². The van der Waals surface area contributed by atoms with Gasteiger partial charge < -0.3 is 5.32 Å². The monoisotopic (exact) mass is 263 g/mol. The maximum absolute atomic E-state index is 4.08. The molecule has 0 aliphatic carbocycles. The second kappa shape index (κ2) is 5.80. The fourth-order valence-electron chi connectivity index (χ4n) is 2.28. The van der Waals surface area contributed by atoms with Gasteiger partial charge in [0.05, 0.1) is 5.69 Å². The Morgan fingerprint density at radius 2 is 1.85 bits per heavy atom. The van der Waals surface area contributed by atoms with Crippen LogP contribution < -0.4 is 5.32 Å². The average Bonchev–Trinajstić information content (AvgIpc) is 2.53. The number of aromatic nitrogens is 2. The van der Waals surface area contributed by atoms with Crippen molar-refractivity contribution in [2.24, 2.45) is 0 Å². The molecule has 100 valence electrons. The minimum atomic E-state index is 0.279. The van der Waals surface area contributed by atoms with Gasteiger partial charge in [0.2, 0.25) is 0 Å². The molecule has 3 aromatic rings. The summed E-state index contributed by atoms with van der Waals surface area (Å²) >= 11 is 0. The van der Waals surface area contributed by atoms with E-state index in [1.54, 1.807) is 6.20 Å². The molecule has 1 N–H and O–H groups in total. The van der Waals surface area contributed by atoms with Gasteiger partial charge >= 0.3 is 0 Å². The summed E-state index contributed by atoms with van der Waals surface area (Å²) in [5.74, 6) is 0. The number of hydrogen-bond acceptors (Lipinski definition) is 3. The van der Waals surface area contributed by atoms with Crippen molar-refractivity contribution in [3.05, 3.63) is 72.1 Å². The fraction of sp³-hybridized carbons (Fsp3) is 0.176. The molecule has 1 unspecified atom stereocenters. The van der Waals surface area contributed by atoms with Crippen LogP contribution in [0.5, 0.6) is 0 Å². The van der Waals surface area contributed by atoms with Gasteiger partial charge in [0, 0.05) is 18.8 Å². The van der Waals surface area contributed by atoms with Crippen LogP contribution in [0.2, 0.25) is 0 Å². The second-order valence-corrected chi connectivity index (χ2v) is 4.92. The summed E-state index contributed by atoms with van der Waals surface area (Å²) < 4.78 is 0. The molecular weight excluding hydrogens is 246 g/mol. The summed E-state index contributed by atoms with van der Waals surface area (Å²) in [4.78, 5) is 0. The van der Waals surface area contributed by atoms with E-state index in [0.717, 1.165) is 12.2 Å². The normalized spacial score (nSPS) is 12.4. The molecule has 0 fully saturated rings. The van der Waals surface area contributed by atoms with Crippen molar-refractivity contribution in [1.29, 1.82) is 0 Å². The minimum Gasteiger partial charge on any atom is -0.304 e. The average molecular weight is 263 g/mol. The molecule has 0 aliphatic rings. The van der Waals surface area contributed by atoms with Crippen LogP contribution >= 0.6 is 0 Å². The van der Waals surface area contributed by atoms with E-state index in [1.807, 2.05) is 12.1 Å². The third kappa shape index (κ3) is 2.83. The largest absolute Gasteiger partial charge is 0.304 e. The summed E-state index contributed by atoms with van der Waals surface area (Å²) in [5.41, 5.74) is 2.24. The minimum absolute atomic E-state index is 0.279. The Morgan fingerprint density at radius 1 is 1.00 bits per heavy atom. The van der Waals surface area contributed by atoms with Crippen molar-refractivity contribution in [2.75, 3.05) is 0 Å². The van der Waals surface area contributed by atoms with Crippen LogP contribution in [-0.2, 0) is 6.54 Å². The van der Waals surface area contributed by atoms with E-state index in [9.17, 15) is 0 Å². The Labute approximate surface area is 118 Å². The molecule has 0 radical (unpaired) electrons. The van der Waals surface area contributed by atoms with E-state index in [4.69, 9.17) is 0 Å². The van der Waals surface area contributed by atoms with Gasteiger partial charge in [0.1, 0.15) is 0 Å². The van der Waals surface area contributed by atoms with E-state index in [-0.39, 0.29) is 6.04 Å². The molecule has 0 bridgehead atoms. The van der Waals surface area contributed by atoms with Crippen molar-refractivity contribution >= 4 is 10.8 Å². The first-order valence-corrected chi connectivity index (χ1v) is 6.81. The van der Waals surface area contributed by atoms with Gasteiger partial charge in [0.25, 0.3) is 0 Å². The van der Waals surface area contributed by atoms with Crippen LogP contribution in [0.1, 0.15) is 24.2 Å². The molecule has 2 aromatic carbocycles. The van der Waals surface area contributed by atoms with Gasteiger partial charge in [0.15, 0.2) is 0 Å². The first kappa shape index (κ1) is 12.8. The highest BCUT2D eigenvalue weighted by Gasteiger charge is 2.06. The molecule has 0 aliphatic heterocycles. The quantitative estimate of drug-likeness (QED) is 0.783. The molecule has 3 nitrogen and oxygen atoms in total. The van der Waals surface area contributed by atoms with E-state index < -0.39 is 0 Å². The highest BCUT2D eigenvalue weighted by atomic mass is 15.1. The van der Waals surface area contributed by atoms with E-state index in [0.29, 0.717) is 0 Å². The standard InChI is InChI=1S/C17H17N3/c1-13(18-12-17-7-4-10-19-20-17)15-9-8-14-5-2-3-6-16(14)11-15/h2-11,13,18H,12H2,1H3. The zero-order valence-electron chi connectivity index (χ0n) is 11.5. The van der Waals surface area contributed by atoms with Gasteiger partial charge in [-0.2, -0.15) is 10.2 Å². The van der Waals surface area contributed by atoms with Crippen LogP contribution in [0.4, 0.5) is 0 Å².